The molecule has 0 spiro atoms. The van der Waals surface area contributed by atoms with Crippen molar-refractivity contribution < 1.29 is 33.4 Å². The second kappa shape index (κ2) is 14.5. The molecule has 1 aliphatic heterocycles. The van der Waals surface area contributed by atoms with Gasteiger partial charge in [0.25, 0.3) is 0 Å². The van der Waals surface area contributed by atoms with E-state index in [-0.39, 0.29) is 18.4 Å². The van der Waals surface area contributed by atoms with Crippen molar-refractivity contribution in [2.24, 2.45) is 4.99 Å². The van der Waals surface area contributed by atoms with Crippen LogP contribution in [0.4, 0.5) is 15.3 Å². The average Bonchev–Trinajstić information content (AvgIpc) is 3.36. The van der Waals surface area contributed by atoms with E-state index in [1.54, 1.807) is 37.8 Å². The number of amides is 3. The SMILES string of the molecule is CC=C(/N=c1/sc(-c2cc(NC(=O)CNC(=O)OC(C)(C)C)cc(C(C)=O)c2)nn1C=O)N1CCN(C(=O)OC(C)(C)C)CC1. The predicted molar refractivity (Wildman–Crippen MR) is 169 cm³/mol. The van der Waals surface area contributed by atoms with Gasteiger partial charge in [0.05, 0.1) is 0 Å². The number of allylic oxidation sites excluding steroid dienone is 1. The number of Topliss-reactive ketones (excluding diaryl/α,β-unsaturated/α-hetero) is 1. The van der Waals surface area contributed by atoms with Crippen molar-refractivity contribution in [2.45, 2.75) is 66.6 Å². The maximum Gasteiger partial charge on any atom is 0.410 e. The molecule has 14 nitrogen and oxygen atoms in total. The fourth-order valence-corrected chi connectivity index (χ4v) is 4.97. The number of ketones is 1. The quantitative estimate of drug-likeness (QED) is 0.323. The van der Waals surface area contributed by atoms with Gasteiger partial charge in [-0.3, -0.25) is 14.4 Å². The van der Waals surface area contributed by atoms with Crippen molar-refractivity contribution in [1.82, 2.24) is 24.9 Å². The maximum atomic E-state index is 12.6. The Bertz CT molecular complexity index is 1540. The summed E-state index contributed by atoms with van der Waals surface area (Å²) < 4.78 is 11.7. The first-order valence-corrected chi connectivity index (χ1v) is 15.2. The minimum atomic E-state index is -0.737. The average molecular weight is 644 g/mol. The predicted octanol–water partition coefficient (Wildman–Crippen LogP) is 3.63. The Morgan fingerprint density at radius 3 is 2.16 bits per heavy atom. The number of rotatable bonds is 8. The van der Waals surface area contributed by atoms with Crippen molar-refractivity contribution in [3.05, 3.63) is 40.5 Å². The fraction of sp³-hybridized carbons (Fsp3) is 0.500. The molecule has 15 heteroatoms. The summed E-state index contributed by atoms with van der Waals surface area (Å²) in [4.78, 5) is 69.8. The Morgan fingerprint density at radius 1 is 0.978 bits per heavy atom. The van der Waals surface area contributed by atoms with Crippen molar-refractivity contribution in [2.75, 3.05) is 38.0 Å². The van der Waals surface area contributed by atoms with E-state index < -0.39 is 23.2 Å². The first-order valence-electron chi connectivity index (χ1n) is 14.4. The molecule has 2 N–H and O–H groups in total. The molecule has 2 heterocycles. The Labute approximate surface area is 266 Å². The molecule has 0 unspecified atom stereocenters. The molecule has 2 aromatic rings. The lowest BCUT2D eigenvalue weighted by atomic mass is 10.1. The van der Waals surface area contributed by atoms with Crippen LogP contribution in [0.2, 0.25) is 0 Å². The number of carbonyl (C=O) groups excluding carboxylic acids is 5. The molecule has 45 heavy (non-hydrogen) atoms. The first-order chi connectivity index (χ1) is 21.0. The third-order valence-corrected chi connectivity index (χ3v) is 7.04. The van der Waals surface area contributed by atoms with Gasteiger partial charge < -0.3 is 29.9 Å². The summed E-state index contributed by atoms with van der Waals surface area (Å²) in [5.41, 5.74) is -0.205. The highest BCUT2D eigenvalue weighted by atomic mass is 32.1. The second-order valence-electron chi connectivity index (χ2n) is 12.2. The van der Waals surface area contributed by atoms with E-state index in [1.807, 2.05) is 38.7 Å². The zero-order valence-electron chi connectivity index (χ0n) is 26.9. The minimum Gasteiger partial charge on any atom is -0.444 e. The molecule has 0 bridgehead atoms. The topological polar surface area (TPSA) is 165 Å². The summed E-state index contributed by atoms with van der Waals surface area (Å²) in [5.74, 6) is -0.173. The van der Waals surface area contributed by atoms with Crippen LogP contribution in [0.15, 0.2) is 35.1 Å². The van der Waals surface area contributed by atoms with Crippen LogP contribution in [0, 0.1) is 0 Å². The summed E-state index contributed by atoms with van der Waals surface area (Å²) in [6.45, 7) is 15.4. The van der Waals surface area contributed by atoms with E-state index >= 15 is 0 Å². The molecule has 3 amide bonds. The summed E-state index contributed by atoms with van der Waals surface area (Å²) >= 11 is 1.13. The van der Waals surface area contributed by atoms with Gasteiger partial charge in [-0.15, -0.1) is 0 Å². The van der Waals surface area contributed by atoms with Gasteiger partial charge in [-0.25, -0.2) is 14.6 Å². The highest BCUT2D eigenvalue weighted by Gasteiger charge is 2.26. The Balaban J connectivity index is 1.81. The zero-order valence-corrected chi connectivity index (χ0v) is 27.7. The van der Waals surface area contributed by atoms with E-state index in [1.165, 1.54) is 13.0 Å². The number of carbonyl (C=O) groups is 5. The summed E-state index contributed by atoms with van der Waals surface area (Å²) in [6, 6.07) is 4.74. The number of hydrogen-bond acceptors (Lipinski definition) is 11. The van der Waals surface area contributed by atoms with E-state index in [0.29, 0.717) is 65.0 Å². The number of piperazine rings is 1. The Hall–Kier alpha value is -4.53. The van der Waals surface area contributed by atoms with Crippen molar-refractivity contribution in [3.63, 3.8) is 0 Å². The maximum absolute atomic E-state index is 12.6. The van der Waals surface area contributed by atoms with E-state index in [0.717, 1.165) is 16.0 Å². The first kappa shape index (κ1) is 35.0. The number of hydrogen-bond donors (Lipinski definition) is 2. The highest BCUT2D eigenvalue weighted by Crippen LogP contribution is 2.26. The van der Waals surface area contributed by atoms with Crippen LogP contribution in [-0.2, 0) is 19.1 Å². The van der Waals surface area contributed by atoms with Gasteiger partial charge in [-0.1, -0.05) is 11.3 Å². The van der Waals surface area contributed by atoms with Crippen molar-refractivity contribution in [1.29, 1.82) is 0 Å². The summed E-state index contributed by atoms with van der Waals surface area (Å²) in [5, 5.41) is 9.82. The van der Waals surface area contributed by atoms with Gasteiger partial charge in [0, 0.05) is 43.0 Å². The molecule has 1 saturated heterocycles. The van der Waals surface area contributed by atoms with Crippen LogP contribution < -0.4 is 15.4 Å². The van der Waals surface area contributed by atoms with Gasteiger partial charge in [-0.2, -0.15) is 9.78 Å². The van der Waals surface area contributed by atoms with Gasteiger partial charge in [0.2, 0.25) is 17.1 Å². The molecule has 1 aromatic heterocycles. The zero-order chi connectivity index (χ0) is 33.5. The molecular weight excluding hydrogens is 602 g/mol. The lowest BCUT2D eigenvalue weighted by Gasteiger charge is -2.36. The van der Waals surface area contributed by atoms with Crippen LogP contribution in [-0.4, -0.2) is 93.8 Å². The molecule has 244 valence electrons. The molecular formula is C30H41N7O7S. The van der Waals surface area contributed by atoms with Crippen LogP contribution in [0.3, 0.4) is 0 Å². The molecule has 0 saturated carbocycles. The molecule has 1 aliphatic rings. The summed E-state index contributed by atoms with van der Waals surface area (Å²) in [7, 11) is 0. The van der Waals surface area contributed by atoms with Gasteiger partial charge in [0.15, 0.2) is 5.78 Å². The number of benzene rings is 1. The third kappa shape index (κ3) is 10.6. The monoisotopic (exact) mass is 643 g/mol. The van der Waals surface area contributed by atoms with Crippen LogP contribution in [0.1, 0.15) is 65.7 Å². The standard InChI is InChI=1S/C30H41N7O7S/c1-9-23(35-10-12-36(13-11-35)28(42)44-30(6,7)8)33-26-37(18-38)34-25(45-26)21-14-20(19(2)39)15-22(16-21)32-24(40)17-31-27(41)43-29(3,4)5/h9,14-16,18H,10-13,17H2,1-8H3,(H,31,41)(H,32,40)/b23-9?,33-26+. The molecule has 0 atom stereocenters. The van der Waals surface area contributed by atoms with Gasteiger partial charge >= 0.3 is 12.2 Å². The minimum absolute atomic E-state index is 0.245. The Morgan fingerprint density at radius 2 is 1.60 bits per heavy atom. The molecule has 3 rings (SSSR count). The number of ether oxygens (including phenoxy) is 2. The molecule has 1 fully saturated rings. The summed E-state index contributed by atoms with van der Waals surface area (Å²) in [6.07, 6.45) is 1.24. The van der Waals surface area contributed by atoms with Crippen molar-refractivity contribution in [3.8, 4) is 10.6 Å². The number of nitrogens with zero attached hydrogens (tertiary/aromatic N) is 5. The smallest absolute Gasteiger partial charge is 0.410 e. The number of anilines is 1. The largest absolute Gasteiger partial charge is 0.444 e. The van der Waals surface area contributed by atoms with Crippen LogP contribution in [0.25, 0.3) is 10.6 Å². The van der Waals surface area contributed by atoms with Crippen LogP contribution in [0.5, 0.6) is 0 Å². The third-order valence-electron chi connectivity index (χ3n) is 6.07. The molecule has 0 aliphatic carbocycles. The lowest BCUT2D eigenvalue weighted by molar-refractivity contribution is -0.115. The van der Waals surface area contributed by atoms with E-state index in [2.05, 4.69) is 15.7 Å². The second-order valence-corrected chi connectivity index (χ2v) is 13.2. The van der Waals surface area contributed by atoms with Gasteiger partial charge in [-0.05, 0) is 79.7 Å². The molecule has 0 radical (unpaired) electrons. The van der Waals surface area contributed by atoms with Crippen LogP contribution >= 0.6 is 11.3 Å². The number of aromatic nitrogens is 2. The highest BCUT2D eigenvalue weighted by molar-refractivity contribution is 7.12. The van der Waals surface area contributed by atoms with Gasteiger partial charge in [0.1, 0.15) is 28.6 Å². The van der Waals surface area contributed by atoms with E-state index in [4.69, 9.17) is 14.5 Å². The molecule has 1 aromatic carbocycles. The normalized spacial score (nSPS) is 14.6. The number of nitrogens with one attached hydrogen (secondary N) is 2. The van der Waals surface area contributed by atoms with Crippen molar-refractivity contribution >= 4 is 47.3 Å². The lowest BCUT2D eigenvalue weighted by Crippen LogP contribution is -2.49. The number of alkyl carbamates (subject to hydrolysis) is 1. The van der Waals surface area contributed by atoms with E-state index in [9.17, 15) is 24.0 Å². The Kier molecular flexibility index (Phi) is 11.3. The fourth-order valence-electron chi connectivity index (χ4n) is 4.11.